The van der Waals surface area contributed by atoms with Crippen LogP contribution in [0.15, 0.2) is 0 Å². The number of rotatable bonds is 0. The average Bonchev–Trinajstić information content (AvgIpc) is 0.811. The Balaban J connectivity index is 2.80. The molecule has 0 aliphatic rings. The molecule has 0 rings (SSSR count). The van der Waals surface area contributed by atoms with Gasteiger partial charge in [-0.15, -0.1) is 0 Å². The Hall–Kier alpha value is 1.04. The van der Waals surface area contributed by atoms with E-state index in [-0.39, 0.29) is 0 Å². The molecule has 0 amide bonds. The molecule has 0 atom stereocenters. The molecule has 0 aliphatic carbocycles. The zero-order valence-corrected chi connectivity index (χ0v) is 4.55. The third kappa shape index (κ3) is 11.7. The Morgan fingerprint density at radius 1 is 1.50 bits per heavy atom. The molecular formula is Cl2OPd. The fourth-order valence-corrected chi connectivity index (χ4v) is 0. The molecule has 0 heterocycles. The molecule has 4 heteroatoms. The molecule has 0 unspecified atom stereocenters. The summed E-state index contributed by atoms with van der Waals surface area (Å²) in [6.45, 7) is 0. The normalized spacial score (nSPS) is 11.0. The minimum atomic E-state index is -2.29. The summed E-state index contributed by atoms with van der Waals surface area (Å²) in [4.78, 5) is 0. The molecule has 0 N–H and O–H groups in total. The van der Waals surface area contributed by atoms with Crippen LogP contribution in [0.5, 0.6) is 0 Å². The van der Waals surface area contributed by atoms with Gasteiger partial charge in [0.05, 0.1) is 0 Å². The van der Waals surface area contributed by atoms with Gasteiger partial charge in [-0.05, 0) is 0 Å². The fourth-order valence-electron chi connectivity index (χ4n) is 0. The Morgan fingerprint density at radius 3 is 1.50 bits per heavy atom. The van der Waals surface area contributed by atoms with E-state index in [0.717, 1.165) is 0 Å². The Morgan fingerprint density at radius 2 is 1.50 bits per heavy atom. The fraction of sp³-hybridized carbons (Fsp3) is 0. The molecule has 1 nitrogen and oxygen atoms in total. The summed E-state index contributed by atoms with van der Waals surface area (Å²) in [5.41, 5.74) is 0. The van der Waals surface area contributed by atoms with Gasteiger partial charge in [0.2, 0.25) is 0 Å². The minimum absolute atomic E-state index is 2.29. The van der Waals surface area contributed by atoms with Crippen LogP contribution in [0.25, 0.3) is 0 Å². The van der Waals surface area contributed by atoms with Crippen molar-refractivity contribution in [2.75, 3.05) is 0 Å². The van der Waals surface area contributed by atoms with Gasteiger partial charge < -0.3 is 0 Å². The maximum absolute atomic E-state index is 9.18. The van der Waals surface area contributed by atoms with E-state index in [1.54, 1.807) is 0 Å². The summed E-state index contributed by atoms with van der Waals surface area (Å²) >= 11 is -2.29. The van der Waals surface area contributed by atoms with Crippen molar-refractivity contribution in [2.45, 2.75) is 0 Å². The van der Waals surface area contributed by atoms with E-state index in [1.807, 2.05) is 0 Å². The monoisotopic (exact) mass is 192 g/mol. The maximum atomic E-state index is 9.18. The standard InChI is InChI=1S/2ClH.O.Pd/h2*1H;;/q;;;+2/p-2. The third-order valence-corrected chi connectivity index (χ3v) is 0. The predicted octanol–water partition coefficient (Wildman–Crippen LogP) is 1.26. The molecule has 0 aromatic rings. The molecule has 0 spiro atoms. The molecular weight excluding hydrogens is 193 g/mol. The molecule has 0 saturated heterocycles. The van der Waals surface area contributed by atoms with Crippen LogP contribution in [0, 0.1) is 0 Å². The number of hydrogen-bond acceptors (Lipinski definition) is 1. The SMILES string of the molecule is [O]=[Pd]([Cl])[Cl]. The van der Waals surface area contributed by atoms with E-state index >= 15 is 0 Å². The summed E-state index contributed by atoms with van der Waals surface area (Å²) in [5, 5.41) is 0. The van der Waals surface area contributed by atoms with Gasteiger partial charge in [-0.25, -0.2) is 0 Å². The van der Waals surface area contributed by atoms with Gasteiger partial charge in [0.15, 0.2) is 0 Å². The number of halogens is 2. The van der Waals surface area contributed by atoms with Crippen molar-refractivity contribution >= 4 is 19.1 Å². The van der Waals surface area contributed by atoms with Crippen molar-refractivity contribution in [3.8, 4) is 0 Å². The Labute approximate surface area is 37.4 Å². The molecule has 0 fully saturated rings. The second-order valence-corrected chi connectivity index (χ2v) is 4.14. The van der Waals surface area contributed by atoms with E-state index in [4.69, 9.17) is 0 Å². The van der Waals surface area contributed by atoms with Gasteiger partial charge >= 0.3 is 37.2 Å². The van der Waals surface area contributed by atoms with Gasteiger partial charge in [-0.2, -0.15) is 0 Å². The Bertz CT molecular complexity index is 29.0. The van der Waals surface area contributed by atoms with Crippen LogP contribution >= 0.6 is 19.1 Å². The van der Waals surface area contributed by atoms with Crippen molar-refractivity contribution in [3.05, 3.63) is 0 Å². The van der Waals surface area contributed by atoms with E-state index in [0.29, 0.717) is 0 Å². The van der Waals surface area contributed by atoms with Crippen LogP contribution in [-0.4, -0.2) is 0 Å². The molecule has 0 aromatic heterocycles. The second kappa shape index (κ2) is 2.29. The predicted molar refractivity (Wildman–Crippen MR) is 12.4 cm³/mol. The van der Waals surface area contributed by atoms with Crippen molar-refractivity contribution < 1.29 is 18.1 Å². The van der Waals surface area contributed by atoms with Crippen molar-refractivity contribution in [1.29, 1.82) is 0 Å². The van der Waals surface area contributed by atoms with Crippen LogP contribution in [0.3, 0.4) is 0 Å². The van der Waals surface area contributed by atoms with Crippen LogP contribution in [-0.2, 0) is 18.1 Å². The van der Waals surface area contributed by atoms with Crippen molar-refractivity contribution in [1.82, 2.24) is 0 Å². The molecule has 0 aromatic carbocycles. The van der Waals surface area contributed by atoms with Crippen molar-refractivity contribution in [3.63, 3.8) is 0 Å². The van der Waals surface area contributed by atoms with Crippen LogP contribution in [0.2, 0.25) is 0 Å². The quantitative estimate of drug-likeness (QED) is 0.529. The van der Waals surface area contributed by atoms with Gasteiger partial charge in [-0.3, -0.25) is 0 Å². The topological polar surface area (TPSA) is 17.1 Å². The summed E-state index contributed by atoms with van der Waals surface area (Å²) in [6.07, 6.45) is 0. The van der Waals surface area contributed by atoms with E-state index in [9.17, 15) is 3.47 Å². The van der Waals surface area contributed by atoms with Crippen LogP contribution in [0.1, 0.15) is 0 Å². The molecule has 4 heavy (non-hydrogen) atoms. The van der Waals surface area contributed by atoms with E-state index < -0.39 is 14.7 Å². The van der Waals surface area contributed by atoms with Gasteiger partial charge in [0, 0.05) is 0 Å². The number of hydrogen-bond donors (Lipinski definition) is 0. The molecule has 0 saturated carbocycles. The zero-order chi connectivity index (χ0) is 3.58. The summed E-state index contributed by atoms with van der Waals surface area (Å²) < 4.78 is 9.18. The third-order valence-electron chi connectivity index (χ3n) is 0. The summed E-state index contributed by atoms with van der Waals surface area (Å²) in [5.74, 6) is 0. The first kappa shape index (κ1) is 5.04. The van der Waals surface area contributed by atoms with Gasteiger partial charge in [-0.1, -0.05) is 0 Å². The van der Waals surface area contributed by atoms with Crippen molar-refractivity contribution in [2.24, 2.45) is 0 Å². The van der Waals surface area contributed by atoms with E-state index in [2.05, 4.69) is 19.1 Å². The first-order valence-corrected chi connectivity index (χ1v) is 5.01. The first-order chi connectivity index (χ1) is 1.73. The summed E-state index contributed by atoms with van der Waals surface area (Å²) in [6, 6.07) is 0. The molecule has 0 aliphatic heterocycles. The Kier molecular flexibility index (Phi) is 2.89. The van der Waals surface area contributed by atoms with Crippen LogP contribution < -0.4 is 0 Å². The van der Waals surface area contributed by atoms with E-state index in [1.165, 1.54) is 0 Å². The zero-order valence-electron chi connectivity index (χ0n) is 1.48. The average molecular weight is 193 g/mol. The second-order valence-electron chi connectivity index (χ2n) is 0.143. The first-order valence-electron chi connectivity index (χ1n) is 0.368. The molecule has 30 valence electrons. The van der Waals surface area contributed by atoms with Gasteiger partial charge in [0.1, 0.15) is 0 Å². The molecule has 0 radical (unpaired) electrons. The summed E-state index contributed by atoms with van der Waals surface area (Å²) in [7, 11) is 9.20. The van der Waals surface area contributed by atoms with Crippen LogP contribution in [0.4, 0.5) is 0 Å². The molecule has 0 bridgehead atoms. The van der Waals surface area contributed by atoms with Gasteiger partial charge in [0.25, 0.3) is 0 Å².